The maximum Gasteiger partial charge on any atom is 0.153 e. The monoisotopic (exact) mass is 189 g/mol. The molecule has 70 valence electrons. The summed E-state index contributed by atoms with van der Waals surface area (Å²) in [5, 5.41) is -0.294. The van der Waals surface area contributed by atoms with Crippen LogP contribution in [0, 0.1) is 0 Å². The molecule has 0 aromatic heterocycles. The highest BCUT2D eigenvalue weighted by atomic mass is 35.5. The predicted molar refractivity (Wildman–Crippen MR) is 50.6 cm³/mol. The van der Waals surface area contributed by atoms with E-state index in [9.17, 15) is 4.79 Å². The molecule has 1 saturated heterocycles. The molecule has 0 bridgehead atoms. The van der Waals surface area contributed by atoms with Gasteiger partial charge in [0.15, 0.2) is 5.78 Å². The average molecular weight is 190 g/mol. The minimum atomic E-state index is -0.294. The Morgan fingerprint density at radius 2 is 2.08 bits per heavy atom. The third-order valence-electron chi connectivity index (χ3n) is 2.31. The van der Waals surface area contributed by atoms with Crippen LogP contribution < -0.4 is 0 Å². The average Bonchev–Trinajstić information content (AvgIpc) is 1.92. The SMILES string of the molecule is CC(C)(C)N1CCC(=O)C(Cl)C1. The Bertz CT molecular complexity index is 185. The van der Waals surface area contributed by atoms with Crippen LogP contribution in [0.5, 0.6) is 0 Å². The van der Waals surface area contributed by atoms with Crippen molar-refractivity contribution in [3.63, 3.8) is 0 Å². The van der Waals surface area contributed by atoms with Crippen molar-refractivity contribution in [1.82, 2.24) is 4.90 Å². The van der Waals surface area contributed by atoms with E-state index in [0.29, 0.717) is 13.0 Å². The van der Waals surface area contributed by atoms with Crippen molar-refractivity contribution in [2.45, 2.75) is 38.1 Å². The van der Waals surface area contributed by atoms with Crippen molar-refractivity contribution in [2.75, 3.05) is 13.1 Å². The van der Waals surface area contributed by atoms with Gasteiger partial charge >= 0.3 is 0 Å². The summed E-state index contributed by atoms with van der Waals surface area (Å²) >= 11 is 5.88. The largest absolute Gasteiger partial charge is 0.298 e. The van der Waals surface area contributed by atoms with Gasteiger partial charge in [-0.25, -0.2) is 0 Å². The molecule has 1 aliphatic heterocycles. The Hall–Kier alpha value is -0.0800. The predicted octanol–water partition coefficient (Wildman–Crippen LogP) is 1.67. The van der Waals surface area contributed by atoms with Crippen molar-refractivity contribution in [3.8, 4) is 0 Å². The maximum atomic E-state index is 11.1. The Labute approximate surface area is 78.9 Å². The third-order valence-corrected chi connectivity index (χ3v) is 2.69. The fourth-order valence-corrected chi connectivity index (χ4v) is 1.67. The molecule has 1 rings (SSSR count). The van der Waals surface area contributed by atoms with Gasteiger partial charge in [-0.15, -0.1) is 11.6 Å². The first-order valence-corrected chi connectivity index (χ1v) is 4.77. The Morgan fingerprint density at radius 1 is 1.50 bits per heavy atom. The highest BCUT2D eigenvalue weighted by Gasteiger charge is 2.31. The van der Waals surface area contributed by atoms with Gasteiger partial charge in [0.1, 0.15) is 5.38 Å². The van der Waals surface area contributed by atoms with E-state index in [0.717, 1.165) is 6.54 Å². The molecule has 1 atom stereocenters. The van der Waals surface area contributed by atoms with Crippen LogP contribution in [0.1, 0.15) is 27.2 Å². The van der Waals surface area contributed by atoms with E-state index >= 15 is 0 Å². The Kier molecular flexibility index (Phi) is 2.79. The van der Waals surface area contributed by atoms with Crippen molar-refractivity contribution < 1.29 is 4.79 Å². The van der Waals surface area contributed by atoms with Crippen LogP contribution in [0.25, 0.3) is 0 Å². The number of carbonyl (C=O) groups is 1. The molecule has 0 amide bonds. The van der Waals surface area contributed by atoms with E-state index in [1.54, 1.807) is 0 Å². The quantitative estimate of drug-likeness (QED) is 0.541. The fourth-order valence-electron chi connectivity index (χ4n) is 1.40. The molecule has 1 heterocycles. The van der Waals surface area contributed by atoms with E-state index in [-0.39, 0.29) is 16.7 Å². The summed E-state index contributed by atoms with van der Waals surface area (Å²) in [7, 11) is 0. The zero-order valence-electron chi connectivity index (χ0n) is 7.93. The molecular weight excluding hydrogens is 174 g/mol. The number of likely N-dealkylation sites (tertiary alicyclic amines) is 1. The van der Waals surface area contributed by atoms with Crippen LogP contribution in [-0.4, -0.2) is 34.7 Å². The van der Waals surface area contributed by atoms with Gasteiger partial charge in [-0.05, 0) is 20.8 Å². The number of halogens is 1. The molecule has 0 spiro atoms. The summed E-state index contributed by atoms with van der Waals surface area (Å²) in [4.78, 5) is 13.4. The van der Waals surface area contributed by atoms with Gasteiger partial charge in [-0.2, -0.15) is 0 Å². The lowest BCUT2D eigenvalue weighted by Crippen LogP contribution is -2.50. The van der Waals surface area contributed by atoms with Gasteiger partial charge < -0.3 is 0 Å². The molecule has 3 heteroatoms. The molecule has 2 nitrogen and oxygen atoms in total. The number of rotatable bonds is 0. The molecule has 0 aromatic rings. The first kappa shape index (κ1) is 10.0. The lowest BCUT2D eigenvalue weighted by molar-refractivity contribution is -0.122. The van der Waals surface area contributed by atoms with Crippen LogP contribution in [-0.2, 0) is 4.79 Å². The zero-order valence-corrected chi connectivity index (χ0v) is 8.69. The number of alkyl halides is 1. The van der Waals surface area contributed by atoms with Crippen LogP contribution in [0.3, 0.4) is 0 Å². The summed E-state index contributed by atoms with van der Waals surface area (Å²) < 4.78 is 0. The lowest BCUT2D eigenvalue weighted by Gasteiger charge is -2.39. The molecular formula is C9H16ClNO. The van der Waals surface area contributed by atoms with Gasteiger partial charge in [-0.3, -0.25) is 9.69 Å². The van der Waals surface area contributed by atoms with E-state index in [1.165, 1.54) is 0 Å². The van der Waals surface area contributed by atoms with Crippen molar-refractivity contribution >= 4 is 17.4 Å². The number of nitrogens with zero attached hydrogens (tertiary/aromatic N) is 1. The second-order valence-corrected chi connectivity index (χ2v) is 4.83. The molecule has 12 heavy (non-hydrogen) atoms. The number of carbonyl (C=O) groups excluding carboxylic acids is 1. The molecule has 0 radical (unpaired) electrons. The van der Waals surface area contributed by atoms with E-state index in [2.05, 4.69) is 25.7 Å². The van der Waals surface area contributed by atoms with Gasteiger partial charge in [0, 0.05) is 25.0 Å². The van der Waals surface area contributed by atoms with Gasteiger partial charge in [-0.1, -0.05) is 0 Å². The number of piperidine rings is 1. The number of ketones is 1. The second-order valence-electron chi connectivity index (χ2n) is 4.30. The summed E-state index contributed by atoms with van der Waals surface area (Å²) in [5.74, 6) is 0.192. The molecule has 1 unspecified atom stereocenters. The fraction of sp³-hybridized carbons (Fsp3) is 0.889. The zero-order chi connectivity index (χ0) is 9.35. The third kappa shape index (κ3) is 2.20. The molecule has 1 fully saturated rings. The summed E-state index contributed by atoms with van der Waals surface area (Å²) in [5.41, 5.74) is 0.133. The van der Waals surface area contributed by atoms with Crippen molar-refractivity contribution in [2.24, 2.45) is 0 Å². The maximum absolute atomic E-state index is 11.1. The summed E-state index contributed by atoms with van der Waals surface area (Å²) in [6.07, 6.45) is 0.603. The van der Waals surface area contributed by atoms with Gasteiger partial charge in [0.05, 0.1) is 0 Å². The van der Waals surface area contributed by atoms with E-state index in [4.69, 9.17) is 11.6 Å². The first-order valence-electron chi connectivity index (χ1n) is 4.33. The Balaban J connectivity index is 2.57. The normalized spacial score (nSPS) is 27.7. The molecule has 1 aliphatic rings. The Morgan fingerprint density at radius 3 is 2.50 bits per heavy atom. The van der Waals surface area contributed by atoms with Crippen LogP contribution in [0.2, 0.25) is 0 Å². The summed E-state index contributed by atoms with van der Waals surface area (Å²) in [6.45, 7) is 7.99. The lowest BCUT2D eigenvalue weighted by atomic mass is 10.0. The van der Waals surface area contributed by atoms with E-state index < -0.39 is 0 Å². The minimum Gasteiger partial charge on any atom is -0.298 e. The van der Waals surface area contributed by atoms with E-state index in [1.807, 2.05) is 0 Å². The second kappa shape index (κ2) is 3.35. The number of Topliss-reactive ketones (excluding diaryl/α,β-unsaturated/α-hetero) is 1. The molecule has 0 aliphatic carbocycles. The standard InChI is InChI=1S/C9H16ClNO/c1-9(2,3)11-5-4-8(12)7(10)6-11/h7H,4-6H2,1-3H3. The van der Waals surface area contributed by atoms with Gasteiger partial charge in [0.2, 0.25) is 0 Å². The molecule has 0 aromatic carbocycles. The van der Waals surface area contributed by atoms with Crippen LogP contribution in [0.15, 0.2) is 0 Å². The topological polar surface area (TPSA) is 20.3 Å². The number of hydrogen-bond donors (Lipinski definition) is 0. The highest BCUT2D eigenvalue weighted by Crippen LogP contribution is 2.20. The minimum absolute atomic E-state index is 0.133. The van der Waals surface area contributed by atoms with Gasteiger partial charge in [0.25, 0.3) is 0 Å². The smallest absolute Gasteiger partial charge is 0.153 e. The summed E-state index contributed by atoms with van der Waals surface area (Å²) in [6, 6.07) is 0. The highest BCUT2D eigenvalue weighted by molar-refractivity contribution is 6.31. The van der Waals surface area contributed by atoms with Crippen molar-refractivity contribution in [1.29, 1.82) is 0 Å². The van der Waals surface area contributed by atoms with Crippen LogP contribution >= 0.6 is 11.6 Å². The molecule has 0 saturated carbocycles. The van der Waals surface area contributed by atoms with Crippen molar-refractivity contribution in [3.05, 3.63) is 0 Å². The first-order chi connectivity index (χ1) is 5.41. The van der Waals surface area contributed by atoms with Crippen LogP contribution in [0.4, 0.5) is 0 Å². The molecule has 0 N–H and O–H groups in total. The number of hydrogen-bond acceptors (Lipinski definition) is 2.